The van der Waals surface area contributed by atoms with Crippen molar-refractivity contribution in [3.05, 3.63) is 87.4 Å². The number of benzene rings is 3. The fraction of sp³-hybridized carbons (Fsp3) is 0.0909. The van der Waals surface area contributed by atoms with Gasteiger partial charge in [0.2, 0.25) is 0 Å². The van der Waals surface area contributed by atoms with Gasteiger partial charge in [-0.25, -0.2) is 0 Å². The van der Waals surface area contributed by atoms with Crippen molar-refractivity contribution < 1.29 is 14.6 Å². The van der Waals surface area contributed by atoms with Gasteiger partial charge in [-0.15, -0.1) is 0 Å². The number of rotatable bonds is 2. The van der Waals surface area contributed by atoms with Crippen LogP contribution in [0.1, 0.15) is 21.5 Å². The molecular formula is C22H14Cl2N2O3. The van der Waals surface area contributed by atoms with Crippen LogP contribution >= 0.6 is 23.2 Å². The van der Waals surface area contributed by atoms with E-state index in [0.717, 1.165) is 0 Å². The molecule has 5 rings (SSSR count). The second-order valence-corrected chi connectivity index (χ2v) is 7.66. The van der Waals surface area contributed by atoms with Gasteiger partial charge in [0.25, 0.3) is 5.91 Å². The zero-order chi connectivity index (χ0) is 20.2. The molecule has 0 spiro atoms. The van der Waals surface area contributed by atoms with Gasteiger partial charge in [-0.3, -0.25) is 14.7 Å². The summed E-state index contributed by atoms with van der Waals surface area (Å²) >= 11 is 12.4. The summed E-state index contributed by atoms with van der Waals surface area (Å²) in [5.74, 6) is 0.272. The molecule has 2 aliphatic heterocycles. The maximum absolute atomic E-state index is 13.3. The summed E-state index contributed by atoms with van der Waals surface area (Å²) in [5, 5.41) is 12.7. The number of anilines is 1. The predicted octanol–water partition coefficient (Wildman–Crippen LogP) is 4.94. The zero-order valence-corrected chi connectivity index (χ0v) is 16.5. The van der Waals surface area contributed by atoms with Gasteiger partial charge in [0.1, 0.15) is 18.0 Å². The predicted molar refractivity (Wildman–Crippen MR) is 113 cm³/mol. The Morgan fingerprint density at radius 2 is 1.79 bits per heavy atom. The Morgan fingerprint density at radius 3 is 2.59 bits per heavy atom. The van der Waals surface area contributed by atoms with Gasteiger partial charge >= 0.3 is 0 Å². The van der Waals surface area contributed by atoms with Crippen molar-refractivity contribution in [3.63, 3.8) is 0 Å². The molecule has 0 saturated heterocycles. The van der Waals surface area contributed by atoms with Crippen LogP contribution in [0.2, 0.25) is 10.0 Å². The van der Waals surface area contributed by atoms with Crippen molar-refractivity contribution in [3.8, 4) is 5.75 Å². The first-order chi connectivity index (χ1) is 14.0. The molecule has 0 bridgehead atoms. The first-order valence-corrected chi connectivity index (χ1v) is 9.66. The van der Waals surface area contributed by atoms with Crippen LogP contribution in [0.25, 0.3) is 0 Å². The summed E-state index contributed by atoms with van der Waals surface area (Å²) in [6, 6.07) is 16.9. The van der Waals surface area contributed by atoms with E-state index in [1.54, 1.807) is 66.9 Å². The molecule has 0 aliphatic carbocycles. The van der Waals surface area contributed by atoms with Crippen LogP contribution in [0.3, 0.4) is 0 Å². The summed E-state index contributed by atoms with van der Waals surface area (Å²) in [5.41, 5.74) is 0.578. The van der Waals surface area contributed by atoms with Gasteiger partial charge in [0.15, 0.2) is 5.72 Å². The molecule has 2 heterocycles. The van der Waals surface area contributed by atoms with Crippen molar-refractivity contribution in [1.29, 1.82) is 0 Å². The van der Waals surface area contributed by atoms with Crippen molar-refractivity contribution in [2.75, 3.05) is 11.5 Å². The number of carbonyl (C=O) groups excluding carboxylic acids is 1. The molecule has 1 atom stereocenters. The number of nitrogens with zero attached hydrogens (tertiary/aromatic N) is 2. The van der Waals surface area contributed by atoms with E-state index < -0.39 is 5.72 Å². The van der Waals surface area contributed by atoms with E-state index in [9.17, 15) is 9.90 Å². The molecule has 1 unspecified atom stereocenters. The third-order valence-electron chi connectivity index (χ3n) is 5.07. The monoisotopic (exact) mass is 424 g/mol. The Labute approximate surface area is 176 Å². The third-order valence-corrected chi connectivity index (χ3v) is 5.51. The number of hydrogen-bond donors (Lipinski definition) is 1. The molecule has 0 fully saturated rings. The number of amides is 1. The molecule has 1 N–H and O–H groups in total. The van der Waals surface area contributed by atoms with Crippen LogP contribution in [0.5, 0.6) is 5.75 Å². The maximum Gasteiger partial charge on any atom is 0.261 e. The fourth-order valence-electron chi connectivity index (χ4n) is 3.84. The Balaban J connectivity index is 1.77. The van der Waals surface area contributed by atoms with Crippen molar-refractivity contribution in [2.45, 2.75) is 5.72 Å². The van der Waals surface area contributed by atoms with Crippen LogP contribution < -0.4 is 9.64 Å². The van der Waals surface area contributed by atoms with E-state index in [-0.39, 0.29) is 5.91 Å². The smallest absolute Gasteiger partial charge is 0.261 e. The van der Waals surface area contributed by atoms with E-state index in [4.69, 9.17) is 27.9 Å². The molecule has 5 nitrogen and oxygen atoms in total. The minimum Gasteiger partial charge on any atom is -0.486 e. The minimum atomic E-state index is -1.76. The summed E-state index contributed by atoms with van der Waals surface area (Å²) in [4.78, 5) is 19.0. The highest BCUT2D eigenvalue weighted by atomic mass is 35.5. The van der Waals surface area contributed by atoms with Crippen molar-refractivity contribution in [2.24, 2.45) is 4.99 Å². The van der Waals surface area contributed by atoms with Crippen LogP contribution in [-0.2, 0) is 5.72 Å². The van der Waals surface area contributed by atoms with Gasteiger partial charge in [0, 0.05) is 33.0 Å². The van der Waals surface area contributed by atoms with E-state index in [1.807, 2.05) is 0 Å². The topological polar surface area (TPSA) is 62.1 Å². The SMILES string of the molecule is O=C1c2ccccc2C(O)(c2ccc3c(c2)N=CCO3)N1c1cc(Cl)cc(Cl)c1. The number of aliphatic imine (C=N–C) groups is 1. The molecule has 3 aromatic carbocycles. The normalized spacial score (nSPS) is 19.7. The van der Waals surface area contributed by atoms with Gasteiger partial charge in [-0.1, -0.05) is 41.4 Å². The van der Waals surface area contributed by atoms with Crippen LogP contribution in [0.15, 0.2) is 65.7 Å². The molecule has 2 aliphatic rings. The van der Waals surface area contributed by atoms with Crippen molar-refractivity contribution in [1.82, 2.24) is 0 Å². The number of carbonyl (C=O) groups is 1. The van der Waals surface area contributed by atoms with Crippen LogP contribution in [-0.4, -0.2) is 23.8 Å². The highest BCUT2D eigenvalue weighted by Crippen LogP contribution is 2.47. The lowest BCUT2D eigenvalue weighted by molar-refractivity contribution is 0.0703. The van der Waals surface area contributed by atoms with E-state index >= 15 is 0 Å². The van der Waals surface area contributed by atoms with Gasteiger partial charge in [0.05, 0.1) is 5.69 Å². The summed E-state index contributed by atoms with van der Waals surface area (Å²) < 4.78 is 5.56. The third kappa shape index (κ3) is 2.74. The molecule has 29 heavy (non-hydrogen) atoms. The molecule has 3 aromatic rings. The lowest BCUT2D eigenvalue weighted by Crippen LogP contribution is -2.45. The highest BCUT2D eigenvalue weighted by Gasteiger charge is 2.51. The maximum atomic E-state index is 13.3. The highest BCUT2D eigenvalue weighted by molar-refractivity contribution is 6.35. The number of fused-ring (bicyclic) bond motifs is 2. The second kappa shape index (κ2) is 6.59. The van der Waals surface area contributed by atoms with E-state index in [1.165, 1.54) is 4.90 Å². The number of hydrogen-bond acceptors (Lipinski definition) is 4. The fourth-order valence-corrected chi connectivity index (χ4v) is 4.35. The molecular weight excluding hydrogens is 411 g/mol. The zero-order valence-electron chi connectivity index (χ0n) is 15.0. The summed E-state index contributed by atoms with van der Waals surface area (Å²) in [7, 11) is 0. The van der Waals surface area contributed by atoms with E-state index in [2.05, 4.69) is 4.99 Å². The van der Waals surface area contributed by atoms with E-state index in [0.29, 0.717) is 50.5 Å². The van der Waals surface area contributed by atoms with Crippen molar-refractivity contribution >= 4 is 46.7 Å². The number of halogens is 2. The number of aliphatic hydroxyl groups is 1. The molecule has 7 heteroatoms. The molecule has 0 aromatic heterocycles. The largest absolute Gasteiger partial charge is 0.486 e. The Bertz CT molecular complexity index is 1170. The molecule has 1 amide bonds. The van der Waals surface area contributed by atoms with Crippen LogP contribution in [0.4, 0.5) is 11.4 Å². The van der Waals surface area contributed by atoms with Gasteiger partial charge in [-0.05, 0) is 42.5 Å². The van der Waals surface area contributed by atoms with Gasteiger partial charge < -0.3 is 9.84 Å². The average molecular weight is 425 g/mol. The van der Waals surface area contributed by atoms with Crippen LogP contribution in [0, 0.1) is 0 Å². The van der Waals surface area contributed by atoms with Gasteiger partial charge in [-0.2, -0.15) is 0 Å². The number of ether oxygens (including phenoxy) is 1. The Kier molecular flexibility index (Phi) is 4.13. The quantitative estimate of drug-likeness (QED) is 0.633. The summed E-state index contributed by atoms with van der Waals surface area (Å²) in [6.45, 7) is 0.394. The first kappa shape index (κ1) is 18.2. The molecule has 0 saturated carbocycles. The first-order valence-electron chi connectivity index (χ1n) is 8.91. The molecule has 0 radical (unpaired) electrons. The lowest BCUT2D eigenvalue weighted by Gasteiger charge is -2.35. The lowest BCUT2D eigenvalue weighted by atomic mass is 9.93. The average Bonchev–Trinajstić information content (AvgIpc) is 2.95. The minimum absolute atomic E-state index is 0.348. The molecule has 144 valence electrons. The summed E-state index contributed by atoms with van der Waals surface area (Å²) in [6.07, 6.45) is 1.65. The Morgan fingerprint density at radius 1 is 1.03 bits per heavy atom. The standard InChI is InChI=1S/C22H14Cl2N2O3/c23-14-10-15(24)12-16(11-14)26-21(27)17-3-1-2-4-18(17)22(26,28)13-5-6-20-19(9-13)25-7-8-29-20/h1-7,9-12,28H,8H2. The Hall–Kier alpha value is -2.86. The second-order valence-electron chi connectivity index (χ2n) is 6.79.